The number of rotatable bonds is 4. The van der Waals surface area contributed by atoms with Crippen LogP contribution in [0.3, 0.4) is 0 Å². The van der Waals surface area contributed by atoms with E-state index >= 15 is 0 Å². The van der Waals surface area contributed by atoms with E-state index in [0.29, 0.717) is 12.2 Å². The highest BCUT2D eigenvalue weighted by Crippen LogP contribution is 2.27. The number of benzene rings is 2. The zero-order valence-electron chi connectivity index (χ0n) is 13.0. The number of para-hydroxylation sites is 2. The maximum absolute atomic E-state index is 13.1. The van der Waals surface area contributed by atoms with Crippen LogP contribution < -0.4 is 0 Å². The van der Waals surface area contributed by atoms with Gasteiger partial charge in [0.15, 0.2) is 0 Å². The molecule has 0 saturated heterocycles. The molecule has 0 fully saturated rings. The average molecular weight is 312 g/mol. The van der Waals surface area contributed by atoms with Crippen LogP contribution in [-0.4, -0.2) is 20.6 Å². The lowest BCUT2D eigenvalue weighted by Crippen LogP contribution is -2.36. The molecule has 0 aliphatic heterocycles. The molecule has 3 aromatic rings. The Morgan fingerprint density at radius 1 is 1.17 bits per heavy atom. The van der Waals surface area contributed by atoms with E-state index in [-0.39, 0.29) is 5.82 Å². The predicted octanol–water partition coefficient (Wildman–Crippen LogP) is 3.59. The number of halogens is 1. The van der Waals surface area contributed by atoms with Crippen molar-refractivity contribution in [2.75, 3.05) is 0 Å². The highest BCUT2D eigenvalue weighted by Gasteiger charge is 2.33. The van der Waals surface area contributed by atoms with Gasteiger partial charge < -0.3 is 9.67 Å². The summed E-state index contributed by atoms with van der Waals surface area (Å²) >= 11 is 0. The van der Waals surface area contributed by atoms with Crippen LogP contribution in [0.25, 0.3) is 11.0 Å². The van der Waals surface area contributed by atoms with Gasteiger partial charge in [0.05, 0.1) is 11.0 Å². The van der Waals surface area contributed by atoms with Gasteiger partial charge in [-0.25, -0.2) is 14.2 Å². The van der Waals surface area contributed by atoms with Gasteiger partial charge >= 0.3 is 5.97 Å². The summed E-state index contributed by atoms with van der Waals surface area (Å²) in [6.45, 7) is 3.30. The summed E-state index contributed by atoms with van der Waals surface area (Å²) < 4.78 is 14.8. The molecule has 1 aromatic heterocycles. The highest BCUT2D eigenvalue weighted by molar-refractivity contribution is 5.82. The van der Waals surface area contributed by atoms with Gasteiger partial charge in [0, 0.05) is 6.42 Å². The summed E-state index contributed by atoms with van der Waals surface area (Å²) in [5, 5.41) is 9.60. The van der Waals surface area contributed by atoms with E-state index in [9.17, 15) is 14.3 Å². The van der Waals surface area contributed by atoms with Crippen LogP contribution in [0.1, 0.15) is 25.2 Å². The fraction of sp³-hybridized carbons (Fsp3) is 0.222. The lowest BCUT2D eigenvalue weighted by molar-refractivity contribution is -0.145. The molecule has 23 heavy (non-hydrogen) atoms. The molecule has 1 heterocycles. The monoisotopic (exact) mass is 312 g/mol. The minimum atomic E-state index is -1.13. The molecule has 4 nitrogen and oxygen atoms in total. The Morgan fingerprint density at radius 3 is 2.48 bits per heavy atom. The molecular weight excluding hydrogens is 295 g/mol. The summed E-state index contributed by atoms with van der Waals surface area (Å²) in [5.41, 5.74) is 1.27. The average Bonchev–Trinajstić information content (AvgIpc) is 2.87. The van der Waals surface area contributed by atoms with Crippen molar-refractivity contribution in [1.82, 2.24) is 9.55 Å². The fourth-order valence-corrected chi connectivity index (χ4v) is 2.70. The van der Waals surface area contributed by atoms with Gasteiger partial charge in [0.25, 0.3) is 0 Å². The Kier molecular flexibility index (Phi) is 3.64. The first-order valence-electron chi connectivity index (χ1n) is 7.34. The molecule has 0 aliphatic carbocycles. The van der Waals surface area contributed by atoms with Crippen LogP contribution in [0.5, 0.6) is 0 Å². The molecule has 0 amide bonds. The minimum absolute atomic E-state index is 0.298. The molecular formula is C18H17FN2O2. The van der Waals surface area contributed by atoms with Crippen LogP contribution in [0.15, 0.2) is 48.5 Å². The van der Waals surface area contributed by atoms with Crippen LogP contribution >= 0.6 is 0 Å². The Balaban J connectivity index is 2.16. The molecule has 0 saturated carbocycles. The molecule has 118 valence electrons. The lowest BCUT2D eigenvalue weighted by Gasteiger charge is -2.24. The number of carboxylic acids is 1. The number of hydrogen-bond acceptors (Lipinski definition) is 2. The Hall–Kier alpha value is -2.69. The van der Waals surface area contributed by atoms with Gasteiger partial charge in [-0.15, -0.1) is 0 Å². The second-order valence-corrected chi connectivity index (χ2v) is 6.02. The SMILES string of the molecule is CC(C)(C(=O)O)n1c(Cc2ccc(F)cc2)nc2ccccc21. The largest absolute Gasteiger partial charge is 0.480 e. The number of aromatic nitrogens is 2. The highest BCUT2D eigenvalue weighted by atomic mass is 19.1. The lowest BCUT2D eigenvalue weighted by atomic mass is 10.0. The quantitative estimate of drug-likeness (QED) is 0.801. The fourth-order valence-electron chi connectivity index (χ4n) is 2.70. The van der Waals surface area contributed by atoms with Crippen LogP contribution in [0.2, 0.25) is 0 Å². The molecule has 0 radical (unpaired) electrons. The molecule has 3 rings (SSSR count). The molecule has 0 unspecified atom stereocenters. The maximum Gasteiger partial charge on any atom is 0.329 e. The van der Waals surface area contributed by atoms with Crippen molar-refractivity contribution in [3.05, 3.63) is 65.7 Å². The summed E-state index contributed by atoms with van der Waals surface area (Å²) in [4.78, 5) is 16.3. The zero-order chi connectivity index (χ0) is 16.6. The van der Waals surface area contributed by atoms with Gasteiger partial charge in [-0.1, -0.05) is 24.3 Å². The van der Waals surface area contributed by atoms with Gasteiger partial charge in [-0.3, -0.25) is 0 Å². The number of aliphatic carboxylic acids is 1. The number of carboxylic acid groups (broad SMARTS) is 1. The summed E-state index contributed by atoms with van der Waals surface area (Å²) in [6.07, 6.45) is 0.436. The first-order valence-corrected chi connectivity index (χ1v) is 7.34. The topological polar surface area (TPSA) is 55.1 Å². The van der Waals surface area contributed by atoms with Gasteiger partial charge in [-0.2, -0.15) is 0 Å². The standard InChI is InChI=1S/C18H17FN2O2/c1-18(2,17(22)23)21-15-6-4-3-5-14(15)20-16(21)11-12-7-9-13(19)10-8-12/h3-10H,11H2,1-2H3,(H,22,23). The first-order chi connectivity index (χ1) is 10.9. The van der Waals surface area contributed by atoms with Gasteiger partial charge in [0.1, 0.15) is 17.2 Å². The van der Waals surface area contributed by atoms with E-state index in [1.54, 1.807) is 30.5 Å². The van der Waals surface area contributed by atoms with Crippen molar-refractivity contribution >= 4 is 17.0 Å². The van der Waals surface area contributed by atoms with E-state index in [4.69, 9.17) is 0 Å². The van der Waals surface area contributed by atoms with Crippen molar-refractivity contribution in [1.29, 1.82) is 0 Å². The summed E-state index contributed by atoms with van der Waals surface area (Å²) in [6, 6.07) is 13.6. The zero-order valence-corrected chi connectivity index (χ0v) is 13.0. The van der Waals surface area contributed by atoms with Crippen molar-refractivity contribution in [3.63, 3.8) is 0 Å². The van der Waals surface area contributed by atoms with Gasteiger partial charge in [0.2, 0.25) is 0 Å². The third kappa shape index (κ3) is 2.70. The van der Waals surface area contributed by atoms with E-state index < -0.39 is 11.5 Å². The third-order valence-electron chi connectivity index (χ3n) is 3.99. The minimum Gasteiger partial charge on any atom is -0.480 e. The van der Waals surface area contributed by atoms with Crippen molar-refractivity contribution in [3.8, 4) is 0 Å². The van der Waals surface area contributed by atoms with Gasteiger partial charge in [-0.05, 0) is 43.7 Å². The molecule has 0 bridgehead atoms. The Bertz CT molecular complexity index is 866. The first kappa shape index (κ1) is 15.2. The van der Waals surface area contributed by atoms with Crippen molar-refractivity contribution in [2.45, 2.75) is 25.8 Å². The maximum atomic E-state index is 13.1. The predicted molar refractivity (Wildman–Crippen MR) is 85.9 cm³/mol. The number of hydrogen-bond donors (Lipinski definition) is 1. The second-order valence-electron chi connectivity index (χ2n) is 6.02. The third-order valence-corrected chi connectivity index (χ3v) is 3.99. The molecule has 2 aromatic carbocycles. The number of fused-ring (bicyclic) bond motifs is 1. The van der Waals surface area contributed by atoms with E-state index in [2.05, 4.69) is 4.98 Å². The molecule has 5 heteroatoms. The second kappa shape index (κ2) is 5.50. The number of imidazole rings is 1. The van der Waals surface area contributed by atoms with Crippen molar-refractivity contribution < 1.29 is 14.3 Å². The Morgan fingerprint density at radius 2 is 1.83 bits per heavy atom. The Labute approximate surface area is 133 Å². The number of carbonyl (C=O) groups is 1. The van der Waals surface area contributed by atoms with E-state index in [0.717, 1.165) is 16.6 Å². The molecule has 0 atom stereocenters. The van der Waals surface area contributed by atoms with E-state index in [1.807, 2.05) is 24.3 Å². The van der Waals surface area contributed by atoms with Crippen molar-refractivity contribution in [2.24, 2.45) is 0 Å². The van der Waals surface area contributed by atoms with Crippen LogP contribution in [-0.2, 0) is 16.8 Å². The number of nitrogens with zero attached hydrogens (tertiary/aromatic N) is 2. The molecule has 1 N–H and O–H groups in total. The van der Waals surface area contributed by atoms with Crippen LogP contribution in [0, 0.1) is 5.82 Å². The molecule has 0 spiro atoms. The molecule has 0 aliphatic rings. The summed E-state index contributed by atoms with van der Waals surface area (Å²) in [7, 11) is 0. The van der Waals surface area contributed by atoms with E-state index in [1.165, 1.54) is 12.1 Å². The summed E-state index contributed by atoms with van der Waals surface area (Å²) in [5.74, 6) is -0.584. The normalized spacial score (nSPS) is 11.8. The smallest absolute Gasteiger partial charge is 0.329 e. The van der Waals surface area contributed by atoms with Crippen LogP contribution in [0.4, 0.5) is 4.39 Å².